The van der Waals surface area contributed by atoms with Crippen LogP contribution in [0.3, 0.4) is 0 Å². The third-order valence-corrected chi connectivity index (χ3v) is 2.67. The number of hydrogen-bond acceptors (Lipinski definition) is 4. The molecule has 0 aromatic heterocycles. The van der Waals surface area contributed by atoms with Crippen LogP contribution in [0.1, 0.15) is 5.56 Å². The van der Waals surface area contributed by atoms with Crippen LogP contribution in [0.2, 0.25) is 0 Å². The summed E-state index contributed by atoms with van der Waals surface area (Å²) in [6.45, 7) is 0.382. The highest BCUT2D eigenvalue weighted by atomic mass is 19.1. The number of halogens is 2. The van der Waals surface area contributed by atoms with Crippen molar-refractivity contribution in [2.45, 2.75) is 6.54 Å². The van der Waals surface area contributed by atoms with Gasteiger partial charge in [-0.1, -0.05) is 6.07 Å². The average molecular weight is 294 g/mol. The maximum Gasteiger partial charge on any atom is 0.314 e. The molecule has 21 heavy (non-hydrogen) atoms. The minimum atomic E-state index is -0.886. The third-order valence-electron chi connectivity index (χ3n) is 2.67. The Morgan fingerprint density at radius 2 is 2.05 bits per heavy atom. The molecule has 1 N–H and O–H groups in total. The summed E-state index contributed by atoms with van der Waals surface area (Å²) in [7, 11) is 1.69. The number of ether oxygens (including phenoxy) is 1. The van der Waals surface area contributed by atoms with Crippen molar-refractivity contribution in [3.05, 3.63) is 63.7 Å². The predicted molar refractivity (Wildman–Crippen MR) is 72.3 cm³/mol. The van der Waals surface area contributed by atoms with Gasteiger partial charge in [0, 0.05) is 18.7 Å². The molecule has 0 spiro atoms. The fourth-order valence-corrected chi connectivity index (χ4v) is 1.85. The zero-order chi connectivity index (χ0) is 15.4. The van der Waals surface area contributed by atoms with Gasteiger partial charge in [-0.15, -0.1) is 0 Å². The van der Waals surface area contributed by atoms with Crippen LogP contribution in [-0.4, -0.2) is 12.0 Å². The van der Waals surface area contributed by atoms with E-state index in [-0.39, 0.29) is 5.75 Å². The lowest BCUT2D eigenvalue weighted by atomic mass is 10.2. The Morgan fingerprint density at radius 3 is 2.71 bits per heavy atom. The first-order valence-corrected chi connectivity index (χ1v) is 6.06. The van der Waals surface area contributed by atoms with Gasteiger partial charge in [-0.3, -0.25) is 10.1 Å². The quantitative estimate of drug-likeness (QED) is 0.678. The highest BCUT2D eigenvalue weighted by Crippen LogP contribution is 2.34. The van der Waals surface area contributed by atoms with Crippen LogP contribution in [0.4, 0.5) is 14.5 Å². The molecule has 0 heterocycles. The molecule has 0 fully saturated rings. The van der Waals surface area contributed by atoms with Crippen LogP contribution in [0, 0.1) is 21.7 Å². The number of benzene rings is 2. The summed E-state index contributed by atoms with van der Waals surface area (Å²) in [5.74, 6) is -2.00. The number of rotatable bonds is 5. The number of para-hydroxylation sites is 1. The standard InChI is InChI=1S/C14H12F2N2O3/c1-17-8-9-5-10(15)7-11(6-9)21-14-12(16)3-2-4-13(14)18(19)20/h2-7,17H,8H2,1H3. The molecule has 0 aliphatic rings. The molecule has 2 aromatic rings. The summed E-state index contributed by atoms with van der Waals surface area (Å²) < 4.78 is 32.4. The second-order valence-corrected chi connectivity index (χ2v) is 4.27. The zero-order valence-corrected chi connectivity index (χ0v) is 11.1. The van der Waals surface area contributed by atoms with Crippen molar-refractivity contribution in [2.24, 2.45) is 0 Å². The van der Waals surface area contributed by atoms with Gasteiger partial charge in [-0.25, -0.2) is 8.78 Å². The van der Waals surface area contributed by atoms with Gasteiger partial charge in [0.2, 0.25) is 5.75 Å². The molecule has 0 saturated heterocycles. The number of nitro groups is 1. The Bertz CT molecular complexity index is 677. The lowest BCUT2D eigenvalue weighted by molar-refractivity contribution is -0.385. The highest BCUT2D eigenvalue weighted by Gasteiger charge is 2.20. The Balaban J connectivity index is 2.40. The van der Waals surface area contributed by atoms with E-state index in [0.717, 1.165) is 18.2 Å². The van der Waals surface area contributed by atoms with Crippen LogP contribution in [0.25, 0.3) is 0 Å². The molecule has 0 bridgehead atoms. The smallest absolute Gasteiger partial charge is 0.314 e. The summed E-state index contributed by atoms with van der Waals surface area (Å²) in [5, 5.41) is 13.7. The topological polar surface area (TPSA) is 64.4 Å². The van der Waals surface area contributed by atoms with Crippen molar-refractivity contribution in [2.75, 3.05) is 7.05 Å². The van der Waals surface area contributed by atoms with Crippen LogP contribution >= 0.6 is 0 Å². The van der Waals surface area contributed by atoms with Gasteiger partial charge < -0.3 is 10.1 Å². The van der Waals surface area contributed by atoms with Crippen LogP contribution in [0.5, 0.6) is 11.5 Å². The predicted octanol–water partition coefficient (Wildman–Crippen LogP) is 3.38. The number of hydrogen-bond donors (Lipinski definition) is 1. The maximum atomic E-state index is 13.7. The maximum absolute atomic E-state index is 13.7. The monoisotopic (exact) mass is 294 g/mol. The van der Waals surface area contributed by atoms with Crippen molar-refractivity contribution in [3.63, 3.8) is 0 Å². The van der Waals surface area contributed by atoms with E-state index in [0.29, 0.717) is 12.1 Å². The fourth-order valence-electron chi connectivity index (χ4n) is 1.85. The Kier molecular flexibility index (Phi) is 4.44. The summed E-state index contributed by atoms with van der Waals surface area (Å²) >= 11 is 0. The lowest BCUT2D eigenvalue weighted by Crippen LogP contribution is -2.05. The molecule has 0 atom stereocenters. The molecule has 0 unspecified atom stereocenters. The normalized spacial score (nSPS) is 10.4. The van der Waals surface area contributed by atoms with E-state index in [9.17, 15) is 18.9 Å². The van der Waals surface area contributed by atoms with Crippen molar-refractivity contribution in [1.29, 1.82) is 0 Å². The Morgan fingerprint density at radius 1 is 1.29 bits per heavy atom. The fraction of sp³-hybridized carbons (Fsp3) is 0.143. The van der Waals surface area contributed by atoms with E-state index in [1.165, 1.54) is 18.2 Å². The minimum absolute atomic E-state index is 0.00606. The summed E-state index contributed by atoms with van der Waals surface area (Å²) in [6.07, 6.45) is 0. The molecule has 5 nitrogen and oxygen atoms in total. The lowest BCUT2D eigenvalue weighted by Gasteiger charge is -2.09. The summed E-state index contributed by atoms with van der Waals surface area (Å²) in [4.78, 5) is 10.1. The van der Waals surface area contributed by atoms with Crippen molar-refractivity contribution in [1.82, 2.24) is 5.32 Å². The molecule has 7 heteroatoms. The van der Waals surface area contributed by atoms with E-state index >= 15 is 0 Å². The highest BCUT2D eigenvalue weighted by molar-refractivity contribution is 5.49. The number of nitrogens with zero attached hydrogens (tertiary/aromatic N) is 1. The molecule has 0 saturated carbocycles. The molecule has 2 rings (SSSR count). The van der Waals surface area contributed by atoms with Gasteiger partial charge in [0.1, 0.15) is 11.6 Å². The van der Waals surface area contributed by atoms with Crippen LogP contribution < -0.4 is 10.1 Å². The van der Waals surface area contributed by atoms with Crippen molar-refractivity contribution >= 4 is 5.69 Å². The van der Waals surface area contributed by atoms with Crippen molar-refractivity contribution in [3.8, 4) is 11.5 Å². The van der Waals surface area contributed by atoms with Gasteiger partial charge in [-0.05, 0) is 30.8 Å². The number of nitro benzene ring substituents is 1. The van der Waals surface area contributed by atoms with Crippen LogP contribution in [0.15, 0.2) is 36.4 Å². The molecule has 110 valence electrons. The molecule has 0 radical (unpaired) electrons. The van der Waals surface area contributed by atoms with E-state index in [1.54, 1.807) is 7.05 Å². The first kappa shape index (κ1) is 14.9. The number of nitrogens with one attached hydrogen (secondary N) is 1. The molecule has 0 aliphatic heterocycles. The largest absolute Gasteiger partial charge is 0.447 e. The summed E-state index contributed by atoms with van der Waals surface area (Å²) in [6, 6.07) is 7.17. The molecule has 0 aliphatic carbocycles. The summed E-state index contributed by atoms with van der Waals surface area (Å²) in [5.41, 5.74) is 0.0564. The first-order valence-electron chi connectivity index (χ1n) is 6.06. The molecular weight excluding hydrogens is 282 g/mol. The second kappa shape index (κ2) is 6.27. The van der Waals surface area contributed by atoms with E-state index < -0.39 is 28.0 Å². The Hall–Kier alpha value is -2.54. The van der Waals surface area contributed by atoms with Gasteiger partial charge >= 0.3 is 5.69 Å². The molecule has 0 amide bonds. The Labute approximate surface area is 119 Å². The molecule has 2 aromatic carbocycles. The second-order valence-electron chi connectivity index (χ2n) is 4.27. The first-order chi connectivity index (χ1) is 10.0. The SMILES string of the molecule is CNCc1cc(F)cc(Oc2c(F)cccc2[N+](=O)[O-])c1. The third kappa shape index (κ3) is 3.51. The average Bonchev–Trinajstić information content (AvgIpc) is 2.40. The van der Waals surface area contributed by atoms with Gasteiger partial charge in [0.15, 0.2) is 5.82 Å². The minimum Gasteiger partial charge on any atom is -0.447 e. The van der Waals surface area contributed by atoms with Gasteiger partial charge in [-0.2, -0.15) is 0 Å². The van der Waals surface area contributed by atoms with Crippen molar-refractivity contribution < 1.29 is 18.4 Å². The van der Waals surface area contributed by atoms with Gasteiger partial charge in [0.25, 0.3) is 0 Å². The molecular formula is C14H12F2N2O3. The van der Waals surface area contributed by atoms with E-state index in [4.69, 9.17) is 4.74 Å². The van der Waals surface area contributed by atoms with E-state index in [1.807, 2.05) is 0 Å². The van der Waals surface area contributed by atoms with E-state index in [2.05, 4.69) is 5.32 Å². The zero-order valence-electron chi connectivity index (χ0n) is 11.1. The van der Waals surface area contributed by atoms with Gasteiger partial charge in [0.05, 0.1) is 4.92 Å². The van der Waals surface area contributed by atoms with Crippen LogP contribution in [-0.2, 0) is 6.54 Å².